The minimum atomic E-state index is -0.0798. The Kier molecular flexibility index (Phi) is 5.07. The summed E-state index contributed by atoms with van der Waals surface area (Å²) in [5.74, 6) is 0.350. The molecule has 4 unspecified atom stereocenters. The monoisotopic (exact) mass is 367 g/mol. The lowest BCUT2D eigenvalue weighted by molar-refractivity contribution is -0.110. The van der Waals surface area contributed by atoms with Crippen LogP contribution in [0, 0.1) is 5.92 Å². The molecule has 136 valence electrons. The number of fused-ring (bicyclic) bond motifs is 3. The number of rotatable bonds is 3. The van der Waals surface area contributed by atoms with E-state index in [1.165, 1.54) is 11.1 Å². The molecule has 1 fully saturated rings. The van der Waals surface area contributed by atoms with Gasteiger partial charge < -0.3 is 15.2 Å². The summed E-state index contributed by atoms with van der Waals surface area (Å²) >= 11 is 4.30. The minimum Gasteiger partial charge on any atom is -0.394 e. The molecule has 4 heteroatoms. The van der Waals surface area contributed by atoms with Crippen LogP contribution in [0.2, 0.25) is 0 Å². The molecule has 2 aliphatic heterocycles. The predicted octanol–water partition coefficient (Wildman–Crippen LogP) is 4.97. The van der Waals surface area contributed by atoms with Crippen LogP contribution in [0.15, 0.2) is 53.9 Å². The summed E-state index contributed by atoms with van der Waals surface area (Å²) in [5.41, 5.74) is 5.89. The number of thiol groups is 1. The fourth-order valence-electron chi connectivity index (χ4n) is 4.20. The first-order chi connectivity index (χ1) is 12.7. The SMILES string of the molecule is C/C(=C\S)c1ccc2c(c1)C1OC(CO)CCC1C(c1ccccc1)N2. The Bertz CT molecular complexity index is 805. The van der Waals surface area contributed by atoms with Crippen LogP contribution in [0.1, 0.15) is 48.6 Å². The number of aliphatic hydroxyl groups is 1. The molecule has 2 aromatic rings. The van der Waals surface area contributed by atoms with Gasteiger partial charge in [-0.25, -0.2) is 0 Å². The molecule has 0 aliphatic carbocycles. The van der Waals surface area contributed by atoms with Crippen molar-refractivity contribution in [1.82, 2.24) is 0 Å². The van der Waals surface area contributed by atoms with Gasteiger partial charge in [-0.3, -0.25) is 0 Å². The average Bonchev–Trinajstić information content (AvgIpc) is 2.72. The first-order valence-electron chi connectivity index (χ1n) is 9.24. The molecule has 4 rings (SSSR count). The van der Waals surface area contributed by atoms with Crippen molar-refractivity contribution in [3.63, 3.8) is 0 Å². The van der Waals surface area contributed by atoms with Crippen molar-refractivity contribution in [2.45, 2.75) is 38.0 Å². The number of nitrogens with one attached hydrogen (secondary N) is 1. The van der Waals surface area contributed by atoms with Gasteiger partial charge in [0.1, 0.15) is 0 Å². The predicted molar refractivity (Wildman–Crippen MR) is 109 cm³/mol. The van der Waals surface area contributed by atoms with E-state index in [9.17, 15) is 5.11 Å². The third-order valence-corrected chi connectivity index (χ3v) is 6.05. The lowest BCUT2D eigenvalue weighted by atomic mass is 9.76. The first kappa shape index (κ1) is 17.7. The molecule has 0 saturated carbocycles. The molecule has 2 aliphatic rings. The molecule has 2 heterocycles. The number of ether oxygens (including phenoxy) is 1. The Labute approximate surface area is 160 Å². The molecular weight excluding hydrogens is 342 g/mol. The van der Waals surface area contributed by atoms with E-state index in [0.717, 1.165) is 29.7 Å². The van der Waals surface area contributed by atoms with E-state index in [4.69, 9.17) is 4.74 Å². The van der Waals surface area contributed by atoms with Gasteiger partial charge in [-0.2, -0.15) is 12.6 Å². The second kappa shape index (κ2) is 7.47. The quantitative estimate of drug-likeness (QED) is 0.671. The number of benzene rings is 2. The van der Waals surface area contributed by atoms with Gasteiger partial charge in [-0.05, 0) is 54.0 Å². The van der Waals surface area contributed by atoms with E-state index in [1.54, 1.807) is 0 Å². The van der Waals surface area contributed by atoms with Crippen molar-refractivity contribution in [2.24, 2.45) is 5.92 Å². The number of hydrogen-bond donors (Lipinski definition) is 3. The van der Waals surface area contributed by atoms with E-state index >= 15 is 0 Å². The summed E-state index contributed by atoms with van der Waals surface area (Å²) in [7, 11) is 0. The van der Waals surface area contributed by atoms with Crippen molar-refractivity contribution in [2.75, 3.05) is 11.9 Å². The Morgan fingerprint density at radius 3 is 2.77 bits per heavy atom. The topological polar surface area (TPSA) is 41.5 Å². The second-order valence-corrected chi connectivity index (χ2v) is 7.51. The fourth-order valence-corrected chi connectivity index (χ4v) is 4.35. The molecule has 26 heavy (non-hydrogen) atoms. The zero-order chi connectivity index (χ0) is 18.1. The van der Waals surface area contributed by atoms with Crippen molar-refractivity contribution in [1.29, 1.82) is 0 Å². The molecule has 2 N–H and O–H groups in total. The Morgan fingerprint density at radius 1 is 1.23 bits per heavy atom. The van der Waals surface area contributed by atoms with Crippen molar-refractivity contribution >= 4 is 23.9 Å². The molecule has 4 atom stereocenters. The van der Waals surface area contributed by atoms with Crippen LogP contribution < -0.4 is 5.32 Å². The normalized spacial score (nSPS) is 28.0. The van der Waals surface area contributed by atoms with Crippen LogP contribution in [0.25, 0.3) is 5.57 Å². The molecule has 0 spiro atoms. The lowest BCUT2D eigenvalue weighted by Gasteiger charge is -2.45. The maximum absolute atomic E-state index is 9.63. The molecule has 3 nitrogen and oxygen atoms in total. The van der Waals surface area contributed by atoms with E-state index < -0.39 is 0 Å². The molecule has 1 saturated heterocycles. The van der Waals surface area contributed by atoms with Gasteiger partial charge in [0.25, 0.3) is 0 Å². The van der Waals surface area contributed by atoms with Crippen LogP contribution in [0.5, 0.6) is 0 Å². The van der Waals surface area contributed by atoms with E-state index in [0.29, 0.717) is 5.92 Å². The van der Waals surface area contributed by atoms with Crippen LogP contribution in [-0.2, 0) is 4.74 Å². The summed E-state index contributed by atoms with van der Waals surface area (Å²) in [5, 5.41) is 15.2. The average molecular weight is 368 g/mol. The second-order valence-electron chi connectivity index (χ2n) is 7.25. The largest absolute Gasteiger partial charge is 0.394 e. The number of anilines is 1. The minimum absolute atomic E-state index is 0.00461. The van der Waals surface area contributed by atoms with E-state index in [-0.39, 0.29) is 24.9 Å². The zero-order valence-corrected chi connectivity index (χ0v) is 15.8. The van der Waals surface area contributed by atoms with Crippen molar-refractivity contribution < 1.29 is 9.84 Å². The highest BCUT2D eigenvalue weighted by Gasteiger charge is 2.42. The van der Waals surface area contributed by atoms with Gasteiger partial charge in [0.2, 0.25) is 0 Å². The summed E-state index contributed by atoms with van der Waals surface area (Å²) in [6.07, 6.45) is 1.85. The number of aliphatic hydroxyl groups excluding tert-OH is 1. The maximum Gasteiger partial charge on any atom is 0.0901 e. The lowest BCUT2D eigenvalue weighted by Crippen LogP contribution is -2.40. The molecular formula is C22H25NO2S. The van der Waals surface area contributed by atoms with Gasteiger partial charge in [0.05, 0.1) is 24.9 Å². The van der Waals surface area contributed by atoms with E-state index in [2.05, 4.69) is 73.4 Å². The summed E-state index contributed by atoms with van der Waals surface area (Å²) in [6.45, 7) is 2.14. The van der Waals surface area contributed by atoms with Crippen LogP contribution in [-0.4, -0.2) is 17.8 Å². The molecule has 0 radical (unpaired) electrons. The number of hydrogen-bond acceptors (Lipinski definition) is 4. The van der Waals surface area contributed by atoms with E-state index in [1.807, 2.05) is 5.41 Å². The Hall–Kier alpha value is -1.75. The number of allylic oxidation sites excluding steroid dienone is 1. The standard InChI is InChI=1S/C22H25NO2S/c1-14(13-26)16-7-10-20-19(11-16)22-18(9-8-17(12-24)25-22)21(23-20)15-5-3-2-4-6-15/h2-7,10-11,13,17-18,21-24,26H,8-9,12H2,1H3/b14-13+. The van der Waals surface area contributed by atoms with Crippen LogP contribution in [0.3, 0.4) is 0 Å². The smallest absolute Gasteiger partial charge is 0.0901 e. The Morgan fingerprint density at radius 2 is 2.04 bits per heavy atom. The molecule has 0 aromatic heterocycles. The van der Waals surface area contributed by atoms with Crippen molar-refractivity contribution in [3.05, 3.63) is 70.6 Å². The summed E-state index contributed by atoms with van der Waals surface area (Å²) in [4.78, 5) is 0. The first-order valence-corrected chi connectivity index (χ1v) is 9.76. The molecule has 2 aromatic carbocycles. The van der Waals surface area contributed by atoms with Crippen molar-refractivity contribution in [3.8, 4) is 0 Å². The van der Waals surface area contributed by atoms with Crippen LogP contribution >= 0.6 is 12.6 Å². The van der Waals surface area contributed by atoms with Gasteiger partial charge in [-0.15, -0.1) is 0 Å². The summed E-state index contributed by atoms with van der Waals surface area (Å²) < 4.78 is 6.36. The highest BCUT2D eigenvalue weighted by Crippen LogP contribution is 2.50. The molecule has 0 amide bonds. The molecule has 0 bridgehead atoms. The van der Waals surface area contributed by atoms with Gasteiger partial charge in [0, 0.05) is 17.2 Å². The highest BCUT2D eigenvalue weighted by molar-refractivity contribution is 7.83. The third-order valence-electron chi connectivity index (χ3n) is 5.66. The van der Waals surface area contributed by atoms with Crippen LogP contribution in [0.4, 0.5) is 5.69 Å². The van der Waals surface area contributed by atoms with Gasteiger partial charge in [0.15, 0.2) is 0 Å². The van der Waals surface area contributed by atoms with Gasteiger partial charge >= 0.3 is 0 Å². The highest BCUT2D eigenvalue weighted by atomic mass is 32.1. The zero-order valence-electron chi connectivity index (χ0n) is 14.9. The van der Waals surface area contributed by atoms with Gasteiger partial charge in [-0.1, -0.05) is 36.4 Å². The third kappa shape index (κ3) is 3.18. The summed E-state index contributed by atoms with van der Waals surface area (Å²) in [6, 6.07) is 17.3. The Balaban J connectivity index is 1.77. The maximum atomic E-state index is 9.63. The fraction of sp³-hybridized carbons (Fsp3) is 0.364.